The zero-order valence-electron chi connectivity index (χ0n) is 33.6. The number of phenolic OH excluding ortho intramolecular Hbond substituents is 1. The number of alkyl halides is 3. The number of halogens is 5. The van der Waals surface area contributed by atoms with E-state index in [2.05, 4.69) is 10.4 Å². The third-order valence-electron chi connectivity index (χ3n) is 12.3. The molecule has 6 atom stereocenters. The molecule has 2 aliphatic carbocycles. The SMILES string of the molecule is CCOc1cc([C@H]2C3=CC[C@@H]4C(=O)N(c5cc([N+](=O)[O-])c(N(C)C)c([N+](=O)[O-])c5)C(=O)[C@@H]4[C@@H]3C[C@H]3C(=O)N(Nc4ncc(C(F)(F)F)cc4Cl)C(=O)[C@@]23c2ccc(Cl)cc2)ccc1O. The quantitative estimate of drug-likeness (QED) is 0.0679. The van der Waals surface area contributed by atoms with Crippen LogP contribution in [0.4, 0.5) is 41.7 Å². The van der Waals surface area contributed by atoms with Crippen LogP contribution in [0.25, 0.3) is 0 Å². The van der Waals surface area contributed by atoms with Gasteiger partial charge in [-0.3, -0.25) is 44.8 Å². The number of nitro groups is 2. The molecule has 0 radical (unpaired) electrons. The predicted octanol–water partition coefficient (Wildman–Crippen LogP) is 7.58. The molecule has 2 saturated heterocycles. The first-order valence-electron chi connectivity index (χ1n) is 19.5. The highest BCUT2D eigenvalue weighted by Crippen LogP contribution is 2.65. The lowest BCUT2D eigenvalue weighted by Gasteiger charge is -2.50. The van der Waals surface area contributed by atoms with Crippen molar-refractivity contribution < 1.29 is 52.0 Å². The fraction of sp³-hybridized carbons (Fsp3) is 0.310. The van der Waals surface area contributed by atoms with Crippen LogP contribution < -0.4 is 20.0 Å². The van der Waals surface area contributed by atoms with Crippen molar-refractivity contribution in [3.05, 3.63) is 125 Å². The van der Waals surface area contributed by atoms with E-state index in [0.717, 1.165) is 12.1 Å². The van der Waals surface area contributed by atoms with Crippen LogP contribution in [-0.4, -0.2) is 69.3 Å². The Morgan fingerprint density at radius 2 is 1.61 bits per heavy atom. The van der Waals surface area contributed by atoms with Crippen LogP contribution in [0.15, 0.2) is 78.5 Å². The van der Waals surface area contributed by atoms with Gasteiger partial charge in [-0.1, -0.05) is 53.1 Å². The van der Waals surface area contributed by atoms with Gasteiger partial charge in [-0.05, 0) is 67.1 Å². The van der Waals surface area contributed by atoms with Crippen LogP contribution >= 0.6 is 23.2 Å². The van der Waals surface area contributed by atoms with E-state index in [0.29, 0.717) is 33.3 Å². The van der Waals surface area contributed by atoms with E-state index in [1.807, 2.05) is 0 Å². The van der Waals surface area contributed by atoms with Crippen LogP contribution in [0.5, 0.6) is 11.5 Å². The first-order chi connectivity index (χ1) is 30.2. The van der Waals surface area contributed by atoms with Crippen molar-refractivity contribution in [2.75, 3.05) is 35.9 Å². The number of hydrazine groups is 1. The Labute approximate surface area is 370 Å². The molecule has 332 valence electrons. The molecule has 4 aromatic rings. The summed E-state index contributed by atoms with van der Waals surface area (Å²) in [5.74, 6) is -10.1. The van der Waals surface area contributed by atoms with Crippen molar-refractivity contribution in [3.8, 4) is 11.5 Å². The first kappa shape index (κ1) is 43.8. The van der Waals surface area contributed by atoms with Crippen LogP contribution in [-0.2, 0) is 30.8 Å². The molecule has 0 unspecified atom stereocenters. The second-order valence-electron chi connectivity index (χ2n) is 15.8. The number of nitro benzene ring substituents is 2. The molecular formula is C42H34Cl2F3N7O10. The maximum atomic E-state index is 15.5. The van der Waals surface area contributed by atoms with Crippen LogP contribution in [0.1, 0.15) is 42.4 Å². The average molecular weight is 925 g/mol. The van der Waals surface area contributed by atoms with Gasteiger partial charge in [0.15, 0.2) is 23.0 Å². The highest BCUT2D eigenvalue weighted by Gasteiger charge is 2.70. The van der Waals surface area contributed by atoms with Gasteiger partial charge in [-0.2, -0.15) is 18.2 Å². The molecule has 1 saturated carbocycles. The number of aromatic hydroxyl groups is 1. The zero-order chi connectivity index (χ0) is 46.3. The highest BCUT2D eigenvalue weighted by molar-refractivity contribution is 6.33. The molecule has 0 bridgehead atoms. The van der Waals surface area contributed by atoms with E-state index in [-0.39, 0.29) is 47.2 Å². The molecule has 3 aromatic carbocycles. The number of allylic oxidation sites excluding steroid dienone is 2. The van der Waals surface area contributed by atoms with Crippen molar-refractivity contribution in [3.63, 3.8) is 0 Å². The number of fused-ring (bicyclic) bond motifs is 4. The smallest absolute Gasteiger partial charge is 0.417 e. The summed E-state index contributed by atoms with van der Waals surface area (Å²) in [6.07, 6.45) is -3.04. The van der Waals surface area contributed by atoms with Crippen LogP contribution in [0.3, 0.4) is 0 Å². The molecule has 2 N–H and O–H groups in total. The molecule has 1 aromatic heterocycles. The lowest BCUT2D eigenvalue weighted by Crippen LogP contribution is -2.53. The Bertz CT molecular complexity index is 2700. The molecule has 22 heteroatoms. The number of carbonyl (C=O) groups is 4. The van der Waals surface area contributed by atoms with E-state index in [4.69, 9.17) is 27.9 Å². The molecule has 0 spiro atoms. The third-order valence-corrected chi connectivity index (χ3v) is 12.9. The molecule has 4 aliphatic rings. The van der Waals surface area contributed by atoms with E-state index < -0.39 is 108 Å². The van der Waals surface area contributed by atoms with Crippen molar-refractivity contribution in [2.24, 2.45) is 23.7 Å². The minimum atomic E-state index is -4.82. The molecule has 3 fully saturated rings. The van der Waals surface area contributed by atoms with Gasteiger partial charge >= 0.3 is 17.6 Å². The molecular weight excluding hydrogens is 890 g/mol. The second kappa shape index (κ2) is 15.8. The van der Waals surface area contributed by atoms with Gasteiger partial charge < -0.3 is 14.7 Å². The number of pyridine rings is 1. The third kappa shape index (κ3) is 6.73. The number of nitrogens with zero attached hydrogens (tertiary/aromatic N) is 6. The van der Waals surface area contributed by atoms with Crippen molar-refractivity contribution in [1.29, 1.82) is 0 Å². The summed E-state index contributed by atoms with van der Waals surface area (Å²) in [5, 5.41) is 35.7. The van der Waals surface area contributed by atoms with Crippen molar-refractivity contribution >= 4 is 75.4 Å². The summed E-state index contributed by atoms with van der Waals surface area (Å²) in [7, 11) is 2.72. The maximum Gasteiger partial charge on any atom is 0.417 e. The summed E-state index contributed by atoms with van der Waals surface area (Å²) in [4.78, 5) is 88.2. The number of aromatic nitrogens is 1. The Hall–Kier alpha value is -6.80. The molecule has 3 heterocycles. The summed E-state index contributed by atoms with van der Waals surface area (Å²) >= 11 is 12.6. The highest BCUT2D eigenvalue weighted by atomic mass is 35.5. The number of benzene rings is 3. The normalized spacial score (nSPS) is 23.9. The van der Waals surface area contributed by atoms with E-state index >= 15 is 9.59 Å². The molecule has 17 nitrogen and oxygen atoms in total. The van der Waals surface area contributed by atoms with Gasteiger partial charge in [-0.15, -0.1) is 0 Å². The minimum absolute atomic E-state index is 0.00867. The second-order valence-corrected chi connectivity index (χ2v) is 16.7. The van der Waals surface area contributed by atoms with Crippen LogP contribution in [0.2, 0.25) is 10.0 Å². The first-order valence-corrected chi connectivity index (χ1v) is 20.3. The summed E-state index contributed by atoms with van der Waals surface area (Å²) < 4.78 is 46.5. The number of rotatable bonds is 10. The number of hydrogen-bond acceptors (Lipinski definition) is 13. The number of anilines is 3. The Kier molecular flexibility index (Phi) is 10.8. The van der Waals surface area contributed by atoms with Gasteiger partial charge in [0.1, 0.15) is 0 Å². The summed E-state index contributed by atoms with van der Waals surface area (Å²) in [6.45, 7) is 1.78. The van der Waals surface area contributed by atoms with Gasteiger partial charge in [0.2, 0.25) is 11.8 Å². The number of phenols is 1. The van der Waals surface area contributed by atoms with Gasteiger partial charge in [0.05, 0.1) is 55.9 Å². The summed E-state index contributed by atoms with van der Waals surface area (Å²) in [6, 6.07) is 12.8. The van der Waals surface area contributed by atoms with E-state index in [1.165, 1.54) is 49.3 Å². The maximum absolute atomic E-state index is 15.5. The number of imide groups is 2. The van der Waals surface area contributed by atoms with Gasteiger partial charge in [-0.25, -0.2) is 9.88 Å². The Morgan fingerprint density at radius 3 is 2.19 bits per heavy atom. The lowest BCUT2D eigenvalue weighted by molar-refractivity contribution is -0.392. The molecule has 8 rings (SSSR count). The molecule has 4 amide bonds. The lowest BCUT2D eigenvalue weighted by atomic mass is 9.49. The van der Waals surface area contributed by atoms with E-state index in [9.17, 15) is 48.1 Å². The van der Waals surface area contributed by atoms with Gasteiger partial charge in [0, 0.05) is 43.4 Å². The zero-order valence-corrected chi connectivity index (χ0v) is 35.1. The molecule has 64 heavy (non-hydrogen) atoms. The van der Waals surface area contributed by atoms with Crippen LogP contribution in [0, 0.1) is 43.9 Å². The number of nitrogens with one attached hydrogen (secondary N) is 1. The largest absolute Gasteiger partial charge is 0.504 e. The predicted molar refractivity (Wildman–Crippen MR) is 223 cm³/mol. The average Bonchev–Trinajstić information content (AvgIpc) is 3.62. The number of ether oxygens (including phenoxy) is 1. The minimum Gasteiger partial charge on any atom is -0.504 e. The topological polar surface area (TPSA) is 219 Å². The van der Waals surface area contributed by atoms with Crippen molar-refractivity contribution in [2.45, 2.75) is 37.3 Å². The molecule has 2 aliphatic heterocycles. The summed E-state index contributed by atoms with van der Waals surface area (Å²) in [5.41, 5.74) is -1.82. The number of amides is 4. The Morgan fingerprint density at radius 1 is 0.953 bits per heavy atom. The Balaban J connectivity index is 1.32. The fourth-order valence-electron chi connectivity index (χ4n) is 9.85. The van der Waals surface area contributed by atoms with E-state index in [1.54, 1.807) is 25.1 Å². The fourth-order valence-corrected chi connectivity index (χ4v) is 10.2. The number of hydrogen-bond donors (Lipinski definition) is 2. The number of carbonyl (C=O) groups excluding carboxylic acids is 4. The van der Waals surface area contributed by atoms with Gasteiger partial charge in [0.25, 0.3) is 11.8 Å². The standard InChI is InChI=1S/C42H34Cl2F3N7O10/c1-4-64-32-13-19(5-12-31(32)55)34-24-10-11-25-33(39(58)51(37(25)56)23-15-29(53(60)61)35(50(2)3)30(16-23)54(62)63)26(24)17-27-38(57)52(40(59)41(27,34)20-6-8-22(43)9-7-20)49-36-28(44)14-21(18-48-36)42(45,46)47/h5-10,12-16,18,25-27,33-34,55H,4,11,17H2,1-3H3,(H,48,49)/t25-,26+,27-,33-,34-,41+/m0/s1. The monoisotopic (exact) mass is 923 g/mol. The van der Waals surface area contributed by atoms with Crippen molar-refractivity contribution in [1.82, 2.24) is 9.99 Å².